The number of hydrogen-bond acceptors (Lipinski definition) is 2. The van der Waals surface area contributed by atoms with E-state index in [2.05, 4.69) is 26.2 Å². The highest BCUT2D eigenvalue weighted by molar-refractivity contribution is 9.10. The Balaban J connectivity index is 1.55. The molecule has 10 heteroatoms. The first kappa shape index (κ1) is 20.9. The topological polar surface area (TPSA) is 50.9 Å². The molecule has 1 fully saturated rings. The first-order valence-electron chi connectivity index (χ1n) is 8.65. The summed E-state index contributed by atoms with van der Waals surface area (Å²) in [5.74, 6) is 0.376. The van der Waals surface area contributed by atoms with Crippen LogP contribution in [0.25, 0.3) is 0 Å². The van der Waals surface area contributed by atoms with Crippen molar-refractivity contribution in [1.29, 1.82) is 0 Å². The lowest BCUT2D eigenvalue weighted by molar-refractivity contribution is -0.892. The molecule has 0 unspecified atom stereocenters. The van der Waals surface area contributed by atoms with Crippen LogP contribution >= 0.6 is 27.5 Å². The van der Waals surface area contributed by atoms with Crippen LogP contribution in [0.15, 0.2) is 41.0 Å². The van der Waals surface area contributed by atoms with Crippen LogP contribution in [0, 0.1) is 0 Å². The van der Waals surface area contributed by atoms with Crippen LogP contribution in [-0.4, -0.2) is 38.6 Å². The van der Waals surface area contributed by atoms with Gasteiger partial charge in [0.25, 0.3) is 11.7 Å². The van der Waals surface area contributed by atoms with Crippen molar-refractivity contribution >= 4 is 44.9 Å². The van der Waals surface area contributed by atoms with Crippen molar-refractivity contribution in [3.8, 4) is 0 Å². The number of alkyl halides is 3. The highest BCUT2D eigenvalue weighted by Crippen LogP contribution is 2.32. The van der Waals surface area contributed by atoms with Gasteiger partial charge in [-0.1, -0.05) is 23.7 Å². The third-order valence-electron chi connectivity index (χ3n) is 4.55. The second kappa shape index (κ2) is 8.67. The maximum Gasteiger partial charge on any atom is 0.419 e. The molecule has 2 aromatic rings. The third kappa shape index (κ3) is 5.15. The molecule has 0 bridgehead atoms. The van der Waals surface area contributed by atoms with Gasteiger partial charge in [0.2, 0.25) is 0 Å². The van der Waals surface area contributed by atoms with E-state index in [9.17, 15) is 18.0 Å². The second-order valence-corrected chi connectivity index (χ2v) is 7.79. The van der Waals surface area contributed by atoms with Crippen molar-refractivity contribution in [2.24, 2.45) is 0 Å². The lowest BCUT2D eigenvalue weighted by atomic mass is 10.2. The SMILES string of the molecule is O=C(C[NH+]1CCN(c2[nH+]cc(C(F)(F)F)cc2Cl)CC1)Nc1ccccc1Br. The van der Waals surface area contributed by atoms with E-state index in [1.807, 2.05) is 29.2 Å². The normalized spacial score (nSPS) is 15.5. The number of pyridine rings is 1. The van der Waals surface area contributed by atoms with Crippen molar-refractivity contribution in [2.45, 2.75) is 6.18 Å². The Morgan fingerprint density at radius 1 is 1.29 bits per heavy atom. The molecule has 1 aromatic carbocycles. The molecule has 5 nitrogen and oxygen atoms in total. The van der Waals surface area contributed by atoms with Crippen LogP contribution in [-0.2, 0) is 11.0 Å². The minimum Gasteiger partial charge on any atom is -0.321 e. The molecular formula is C18H19BrClF3N4O+2. The Hall–Kier alpha value is -1.84. The van der Waals surface area contributed by atoms with E-state index in [-0.39, 0.29) is 10.9 Å². The Labute approximate surface area is 173 Å². The Bertz CT molecular complexity index is 857. The quantitative estimate of drug-likeness (QED) is 0.707. The van der Waals surface area contributed by atoms with Crippen LogP contribution in [0.1, 0.15) is 5.56 Å². The molecule has 3 N–H and O–H groups in total. The number of aromatic nitrogens is 1. The molecule has 1 saturated heterocycles. The molecule has 0 aliphatic carbocycles. The van der Waals surface area contributed by atoms with E-state index >= 15 is 0 Å². The van der Waals surface area contributed by atoms with Crippen LogP contribution in [0.4, 0.5) is 24.7 Å². The van der Waals surface area contributed by atoms with Gasteiger partial charge in [-0.2, -0.15) is 13.2 Å². The molecule has 3 rings (SSSR count). The fourth-order valence-electron chi connectivity index (χ4n) is 3.07. The summed E-state index contributed by atoms with van der Waals surface area (Å²) in [6.45, 7) is 2.83. The number of nitrogens with zero attached hydrogens (tertiary/aromatic N) is 1. The van der Waals surface area contributed by atoms with E-state index < -0.39 is 11.7 Å². The summed E-state index contributed by atoms with van der Waals surface area (Å²) in [4.78, 5) is 17.9. The average molecular weight is 480 g/mol. The lowest BCUT2D eigenvalue weighted by Gasteiger charge is -2.28. The fraction of sp³-hybridized carbons (Fsp3) is 0.333. The zero-order valence-corrected chi connectivity index (χ0v) is 17.1. The van der Waals surface area contributed by atoms with Gasteiger partial charge in [-0.3, -0.25) is 4.79 Å². The largest absolute Gasteiger partial charge is 0.419 e. The Morgan fingerprint density at radius 3 is 2.57 bits per heavy atom. The van der Waals surface area contributed by atoms with E-state index in [0.29, 0.717) is 38.5 Å². The lowest BCUT2D eigenvalue weighted by Crippen LogP contribution is -3.15. The number of carbonyl (C=O) groups excluding carboxylic acids is 1. The highest BCUT2D eigenvalue weighted by Gasteiger charge is 2.35. The molecule has 1 amide bonds. The number of piperazine rings is 1. The van der Waals surface area contributed by atoms with Gasteiger partial charge in [0.1, 0.15) is 37.4 Å². The molecular weight excluding hydrogens is 461 g/mol. The number of halogens is 5. The van der Waals surface area contributed by atoms with E-state index in [1.165, 1.54) is 0 Å². The van der Waals surface area contributed by atoms with Crippen molar-refractivity contribution in [2.75, 3.05) is 42.9 Å². The smallest absolute Gasteiger partial charge is 0.321 e. The van der Waals surface area contributed by atoms with Gasteiger partial charge in [0, 0.05) is 4.47 Å². The van der Waals surface area contributed by atoms with Crippen LogP contribution in [0.5, 0.6) is 0 Å². The van der Waals surface area contributed by atoms with Crippen molar-refractivity contribution in [3.05, 3.63) is 51.6 Å². The number of hydrogen-bond donors (Lipinski definition) is 2. The standard InChI is InChI=1S/C18H17BrClF3N4O/c19-13-3-1-2-4-15(13)25-16(28)11-26-5-7-27(8-6-26)17-14(20)9-12(10-24-17)18(21,22)23/h1-4,9-10H,5-8,11H2,(H,25,28)/p+2. The van der Waals surface area contributed by atoms with Crippen molar-refractivity contribution in [1.82, 2.24) is 0 Å². The van der Waals surface area contributed by atoms with Gasteiger partial charge in [-0.05, 0) is 34.1 Å². The third-order valence-corrected chi connectivity index (χ3v) is 5.53. The minimum atomic E-state index is -4.44. The molecule has 0 saturated carbocycles. The number of H-pyrrole nitrogens is 1. The number of aromatic amines is 1. The van der Waals surface area contributed by atoms with E-state index in [1.54, 1.807) is 0 Å². The molecule has 28 heavy (non-hydrogen) atoms. The number of quaternary nitrogens is 1. The van der Waals surface area contributed by atoms with Crippen molar-refractivity contribution < 1.29 is 27.8 Å². The molecule has 0 atom stereocenters. The maximum absolute atomic E-state index is 12.8. The number of carbonyl (C=O) groups is 1. The van der Waals surface area contributed by atoms with Gasteiger partial charge < -0.3 is 10.2 Å². The predicted molar refractivity (Wildman–Crippen MR) is 104 cm³/mol. The first-order valence-corrected chi connectivity index (χ1v) is 9.82. The van der Waals surface area contributed by atoms with Gasteiger partial charge in [0.05, 0.1) is 11.3 Å². The van der Waals surface area contributed by atoms with Crippen LogP contribution < -0.4 is 20.1 Å². The Morgan fingerprint density at radius 2 is 1.96 bits per heavy atom. The molecule has 2 heterocycles. The highest BCUT2D eigenvalue weighted by atomic mass is 79.9. The van der Waals surface area contributed by atoms with E-state index in [0.717, 1.165) is 27.3 Å². The first-order chi connectivity index (χ1) is 13.2. The fourth-order valence-corrected chi connectivity index (χ4v) is 3.75. The average Bonchev–Trinajstić information content (AvgIpc) is 2.63. The number of nitrogens with one attached hydrogen (secondary N) is 3. The minimum absolute atomic E-state index is 0.0324. The van der Waals surface area contributed by atoms with Crippen LogP contribution in [0.3, 0.4) is 0 Å². The number of amides is 1. The predicted octanol–water partition coefficient (Wildman–Crippen LogP) is 2.28. The number of rotatable bonds is 4. The summed E-state index contributed by atoms with van der Waals surface area (Å²) >= 11 is 9.44. The maximum atomic E-state index is 12.8. The van der Waals surface area contributed by atoms with E-state index in [4.69, 9.17) is 11.6 Å². The van der Waals surface area contributed by atoms with Gasteiger partial charge in [-0.15, -0.1) is 0 Å². The molecule has 0 radical (unpaired) electrons. The number of benzene rings is 1. The summed E-state index contributed by atoms with van der Waals surface area (Å²) in [6.07, 6.45) is -3.52. The summed E-state index contributed by atoms with van der Waals surface area (Å²) in [5.41, 5.74) is -0.0917. The summed E-state index contributed by atoms with van der Waals surface area (Å²) in [5, 5.41) is 2.91. The molecule has 1 aliphatic heterocycles. The second-order valence-electron chi connectivity index (χ2n) is 6.52. The molecule has 0 spiro atoms. The monoisotopic (exact) mass is 478 g/mol. The zero-order valence-electron chi connectivity index (χ0n) is 14.7. The van der Waals surface area contributed by atoms with Crippen LogP contribution in [0.2, 0.25) is 5.02 Å². The van der Waals surface area contributed by atoms with Gasteiger partial charge in [-0.25, -0.2) is 9.88 Å². The van der Waals surface area contributed by atoms with Gasteiger partial charge >= 0.3 is 6.18 Å². The summed E-state index contributed by atoms with van der Waals surface area (Å²) in [6, 6.07) is 8.31. The Kier molecular flexibility index (Phi) is 6.47. The van der Waals surface area contributed by atoms with Crippen molar-refractivity contribution in [3.63, 3.8) is 0 Å². The molecule has 1 aromatic heterocycles. The van der Waals surface area contributed by atoms with Gasteiger partial charge in [0.15, 0.2) is 6.54 Å². The summed E-state index contributed by atoms with van der Waals surface area (Å²) in [7, 11) is 0. The zero-order chi connectivity index (χ0) is 20.3. The number of anilines is 2. The number of para-hydroxylation sites is 1. The summed E-state index contributed by atoms with van der Waals surface area (Å²) < 4.78 is 39.1. The molecule has 150 valence electrons. The molecule has 1 aliphatic rings.